The van der Waals surface area contributed by atoms with E-state index in [0.717, 1.165) is 11.3 Å². The molecule has 0 bridgehead atoms. The van der Waals surface area contributed by atoms with E-state index in [4.69, 9.17) is 0 Å². The van der Waals surface area contributed by atoms with Gasteiger partial charge in [-0.1, -0.05) is 35.9 Å². The summed E-state index contributed by atoms with van der Waals surface area (Å²) in [7, 11) is 0. The van der Waals surface area contributed by atoms with Gasteiger partial charge in [0.05, 0.1) is 0 Å². The Morgan fingerprint density at radius 3 is 2.22 bits per heavy atom. The number of para-hydroxylation sites is 1. The third-order valence-corrected chi connectivity index (χ3v) is 3.12. The molecule has 0 aliphatic rings. The molecule has 0 aliphatic heterocycles. The molecule has 0 fully saturated rings. The fourth-order valence-corrected chi connectivity index (χ4v) is 2.30. The van der Waals surface area contributed by atoms with E-state index in [0.29, 0.717) is 12.3 Å². The van der Waals surface area contributed by atoms with Crippen molar-refractivity contribution in [2.75, 3.05) is 5.32 Å². The molecule has 0 aliphatic carbocycles. The number of rotatable bonds is 3. The summed E-state index contributed by atoms with van der Waals surface area (Å²) in [4.78, 5) is 0. The molecule has 0 aromatic heterocycles. The highest BCUT2D eigenvalue weighted by molar-refractivity contribution is 5.58. The van der Waals surface area contributed by atoms with Crippen LogP contribution in [-0.4, -0.2) is 5.11 Å². The predicted molar refractivity (Wildman–Crippen MR) is 76.1 cm³/mol. The fraction of sp³-hybridized carbons (Fsp3) is 0.250. The number of aromatic hydroxyl groups is 1. The maximum absolute atomic E-state index is 9.73. The van der Waals surface area contributed by atoms with Gasteiger partial charge in [-0.05, 0) is 38.0 Å². The van der Waals surface area contributed by atoms with Gasteiger partial charge in [-0.3, -0.25) is 0 Å². The second-order valence-electron chi connectivity index (χ2n) is 4.76. The van der Waals surface area contributed by atoms with Gasteiger partial charge in [-0.15, -0.1) is 0 Å². The van der Waals surface area contributed by atoms with E-state index >= 15 is 0 Å². The van der Waals surface area contributed by atoms with E-state index in [9.17, 15) is 5.11 Å². The van der Waals surface area contributed by atoms with Crippen molar-refractivity contribution >= 4 is 5.69 Å². The summed E-state index contributed by atoms with van der Waals surface area (Å²) in [6.45, 7) is 6.95. The summed E-state index contributed by atoms with van der Waals surface area (Å²) in [5.74, 6) is 0.340. The summed E-state index contributed by atoms with van der Waals surface area (Å²) in [6, 6.07) is 11.8. The molecule has 2 aromatic rings. The lowest BCUT2D eigenvalue weighted by atomic mass is 10.0. The third-order valence-electron chi connectivity index (χ3n) is 3.12. The van der Waals surface area contributed by atoms with E-state index in [-0.39, 0.29) is 0 Å². The topological polar surface area (TPSA) is 32.3 Å². The van der Waals surface area contributed by atoms with E-state index in [1.165, 1.54) is 16.7 Å². The van der Waals surface area contributed by atoms with Crippen molar-refractivity contribution in [1.29, 1.82) is 0 Å². The lowest BCUT2D eigenvalue weighted by Gasteiger charge is -2.14. The van der Waals surface area contributed by atoms with Crippen LogP contribution in [0, 0.1) is 20.8 Å². The zero-order chi connectivity index (χ0) is 13.1. The molecule has 0 saturated carbocycles. The van der Waals surface area contributed by atoms with E-state index < -0.39 is 0 Å². The number of anilines is 1. The van der Waals surface area contributed by atoms with Gasteiger partial charge in [-0.2, -0.15) is 0 Å². The summed E-state index contributed by atoms with van der Waals surface area (Å²) in [6.07, 6.45) is 0. The Labute approximate surface area is 108 Å². The van der Waals surface area contributed by atoms with Crippen molar-refractivity contribution in [3.63, 3.8) is 0 Å². The van der Waals surface area contributed by atoms with Crippen LogP contribution in [0.5, 0.6) is 5.75 Å². The molecule has 0 heterocycles. The number of benzene rings is 2. The van der Waals surface area contributed by atoms with Crippen LogP contribution >= 0.6 is 0 Å². The minimum atomic E-state index is 0.340. The molecule has 2 nitrogen and oxygen atoms in total. The number of nitrogens with one attached hydrogen (secondary N) is 1. The molecular formula is C16H19NO. The minimum Gasteiger partial charge on any atom is -0.508 e. The van der Waals surface area contributed by atoms with Crippen molar-refractivity contribution in [2.45, 2.75) is 27.3 Å². The molecular weight excluding hydrogens is 222 g/mol. The largest absolute Gasteiger partial charge is 0.508 e. The highest BCUT2D eigenvalue weighted by Crippen LogP contribution is 2.24. The first-order valence-electron chi connectivity index (χ1n) is 6.16. The lowest BCUT2D eigenvalue weighted by molar-refractivity contribution is 0.469. The van der Waals surface area contributed by atoms with Gasteiger partial charge in [0.25, 0.3) is 0 Å². The van der Waals surface area contributed by atoms with Gasteiger partial charge in [0.1, 0.15) is 5.75 Å². The number of phenolic OH excluding ortho intramolecular Hbond substituents is 1. The van der Waals surface area contributed by atoms with Gasteiger partial charge in [-0.25, -0.2) is 0 Å². The first-order chi connectivity index (χ1) is 8.58. The van der Waals surface area contributed by atoms with Crippen LogP contribution in [-0.2, 0) is 6.54 Å². The lowest BCUT2D eigenvalue weighted by Crippen LogP contribution is -2.03. The highest BCUT2D eigenvalue weighted by Gasteiger charge is 2.05. The molecule has 18 heavy (non-hydrogen) atoms. The van der Waals surface area contributed by atoms with E-state index in [1.54, 1.807) is 6.07 Å². The highest BCUT2D eigenvalue weighted by atomic mass is 16.3. The maximum Gasteiger partial charge on any atom is 0.120 e. The molecule has 0 radical (unpaired) electrons. The Balaban J connectivity index is 2.19. The smallest absolute Gasteiger partial charge is 0.120 e. The number of hydrogen-bond donors (Lipinski definition) is 2. The Hall–Kier alpha value is -1.96. The first-order valence-corrected chi connectivity index (χ1v) is 6.16. The van der Waals surface area contributed by atoms with Crippen molar-refractivity contribution < 1.29 is 5.11 Å². The Morgan fingerprint density at radius 1 is 1.00 bits per heavy atom. The van der Waals surface area contributed by atoms with Crippen LogP contribution in [0.4, 0.5) is 5.69 Å². The van der Waals surface area contributed by atoms with Gasteiger partial charge in [0.15, 0.2) is 0 Å². The standard InChI is InChI=1S/C16H19NO/c1-11-8-12(2)16(13(3)9-11)17-10-14-6-4-5-7-15(14)18/h4-9,17-18H,10H2,1-3H3. The first kappa shape index (κ1) is 12.5. The molecule has 0 unspecified atom stereocenters. The van der Waals surface area contributed by atoms with E-state index in [2.05, 4.69) is 38.2 Å². The van der Waals surface area contributed by atoms with Gasteiger partial charge in [0.2, 0.25) is 0 Å². The quantitative estimate of drug-likeness (QED) is 0.853. The zero-order valence-corrected chi connectivity index (χ0v) is 11.1. The normalized spacial score (nSPS) is 10.4. The monoisotopic (exact) mass is 241 g/mol. The maximum atomic E-state index is 9.73. The van der Waals surface area contributed by atoms with Gasteiger partial charge >= 0.3 is 0 Å². The molecule has 2 aromatic carbocycles. The van der Waals surface area contributed by atoms with E-state index in [1.807, 2.05) is 18.2 Å². The number of hydrogen-bond acceptors (Lipinski definition) is 2. The van der Waals surface area contributed by atoms with Crippen LogP contribution in [0.25, 0.3) is 0 Å². The predicted octanol–water partition coefficient (Wildman–Crippen LogP) is 3.93. The Bertz CT molecular complexity index is 538. The second kappa shape index (κ2) is 5.13. The summed E-state index contributed by atoms with van der Waals surface area (Å²) >= 11 is 0. The molecule has 2 rings (SSSR count). The summed E-state index contributed by atoms with van der Waals surface area (Å²) < 4.78 is 0. The molecule has 94 valence electrons. The second-order valence-corrected chi connectivity index (χ2v) is 4.76. The van der Waals surface area contributed by atoms with Crippen molar-refractivity contribution in [1.82, 2.24) is 0 Å². The van der Waals surface area contributed by atoms with Crippen molar-refractivity contribution in [2.24, 2.45) is 0 Å². The Morgan fingerprint density at radius 2 is 1.61 bits per heavy atom. The minimum absolute atomic E-state index is 0.340. The zero-order valence-electron chi connectivity index (χ0n) is 11.1. The van der Waals surface area contributed by atoms with Crippen LogP contribution in [0.3, 0.4) is 0 Å². The fourth-order valence-electron chi connectivity index (χ4n) is 2.30. The average molecular weight is 241 g/mol. The molecule has 0 amide bonds. The van der Waals surface area contributed by atoms with Gasteiger partial charge < -0.3 is 10.4 Å². The molecule has 2 heteroatoms. The summed E-state index contributed by atoms with van der Waals surface area (Å²) in [5, 5.41) is 13.1. The molecule has 2 N–H and O–H groups in total. The van der Waals surface area contributed by atoms with Crippen molar-refractivity contribution in [3.05, 3.63) is 58.7 Å². The van der Waals surface area contributed by atoms with Crippen LogP contribution in [0.2, 0.25) is 0 Å². The Kier molecular flexibility index (Phi) is 3.56. The number of phenols is 1. The summed E-state index contributed by atoms with van der Waals surface area (Å²) in [5.41, 5.74) is 5.82. The third kappa shape index (κ3) is 2.65. The van der Waals surface area contributed by atoms with Crippen LogP contribution < -0.4 is 5.32 Å². The molecule has 0 spiro atoms. The van der Waals surface area contributed by atoms with Crippen molar-refractivity contribution in [3.8, 4) is 5.75 Å². The van der Waals surface area contributed by atoms with Gasteiger partial charge in [0, 0.05) is 17.8 Å². The van der Waals surface area contributed by atoms with Crippen LogP contribution in [0.1, 0.15) is 22.3 Å². The molecule has 0 atom stereocenters. The van der Waals surface area contributed by atoms with Crippen LogP contribution in [0.15, 0.2) is 36.4 Å². The SMILES string of the molecule is Cc1cc(C)c(NCc2ccccc2O)c(C)c1. The number of aryl methyl sites for hydroxylation is 3. The molecule has 0 saturated heterocycles. The average Bonchev–Trinajstić information content (AvgIpc) is 2.30.